The Hall–Kier alpha value is -1.92. The molecule has 0 bridgehead atoms. The summed E-state index contributed by atoms with van der Waals surface area (Å²) in [6.45, 7) is 12.8. The van der Waals surface area contributed by atoms with Crippen LogP contribution in [0.15, 0.2) is 73.0 Å². The molecule has 0 aliphatic carbocycles. The van der Waals surface area contributed by atoms with Crippen LogP contribution < -0.4 is 0 Å². The molecule has 2 aromatic rings. The van der Waals surface area contributed by atoms with Gasteiger partial charge in [-0.15, -0.1) is 0 Å². The van der Waals surface area contributed by atoms with Gasteiger partial charge < -0.3 is 18.6 Å². The minimum absolute atomic E-state index is 0.140. The van der Waals surface area contributed by atoms with Crippen LogP contribution in [-0.2, 0) is 31.9 Å². The van der Waals surface area contributed by atoms with E-state index in [1.165, 1.54) is 0 Å². The summed E-state index contributed by atoms with van der Waals surface area (Å²) in [5, 5.41) is 0.140. The molecule has 4 nitrogen and oxygen atoms in total. The van der Waals surface area contributed by atoms with Gasteiger partial charge in [0.25, 0.3) is 0 Å². The van der Waals surface area contributed by atoms with Crippen molar-refractivity contribution in [1.29, 1.82) is 0 Å². The third-order valence-corrected chi connectivity index (χ3v) is 10.7. The van der Waals surface area contributed by atoms with E-state index in [4.69, 9.17) is 18.6 Å². The first-order valence-electron chi connectivity index (χ1n) is 11.0. The van der Waals surface area contributed by atoms with Crippen LogP contribution in [0.4, 0.5) is 0 Å². The standard InChI is InChI=1S/C26H36O4Si/c1-26(2,3)31(4,5)30-20-24-25(29-19-22-14-10-7-11-15-22)23(16-17-27-24)28-18-21-12-8-6-9-13-21/h6-17,23-25H,18-20H2,1-5H3/t23-,24-,25+/m1/s1. The molecule has 3 atom stereocenters. The molecule has 5 heteroatoms. The van der Waals surface area contributed by atoms with Gasteiger partial charge in [-0.05, 0) is 35.3 Å². The summed E-state index contributed by atoms with van der Waals surface area (Å²) in [7, 11) is -1.90. The average molecular weight is 441 g/mol. The molecule has 0 amide bonds. The molecule has 0 saturated heterocycles. The van der Waals surface area contributed by atoms with E-state index in [2.05, 4.69) is 58.1 Å². The minimum Gasteiger partial charge on any atom is -0.493 e. The van der Waals surface area contributed by atoms with Gasteiger partial charge in [-0.25, -0.2) is 0 Å². The van der Waals surface area contributed by atoms with Crippen LogP contribution in [0.3, 0.4) is 0 Å². The van der Waals surface area contributed by atoms with Crippen molar-refractivity contribution in [2.45, 2.75) is 70.4 Å². The maximum absolute atomic E-state index is 6.47. The molecule has 168 valence electrons. The first-order valence-corrected chi connectivity index (χ1v) is 13.9. The summed E-state index contributed by atoms with van der Waals surface area (Å²) in [5.41, 5.74) is 2.27. The van der Waals surface area contributed by atoms with Gasteiger partial charge >= 0.3 is 0 Å². The topological polar surface area (TPSA) is 36.9 Å². The van der Waals surface area contributed by atoms with Crippen molar-refractivity contribution in [2.24, 2.45) is 0 Å². The van der Waals surface area contributed by atoms with E-state index in [0.29, 0.717) is 19.8 Å². The Bertz CT molecular complexity index is 814. The van der Waals surface area contributed by atoms with Crippen LogP contribution >= 0.6 is 0 Å². The van der Waals surface area contributed by atoms with Crippen LogP contribution in [0.2, 0.25) is 18.1 Å². The molecule has 0 unspecified atom stereocenters. The molecule has 1 heterocycles. The van der Waals surface area contributed by atoms with E-state index in [1.54, 1.807) is 6.26 Å². The maximum atomic E-state index is 6.47. The molecule has 0 saturated carbocycles. The van der Waals surface area contributed by atoms with E-state index in [0.717, 1.165) is 11.1 Å². The summed E-state index contributed by atoms with van der Waals surface area (Å²) in [4.78, 5) is 0. The molecule has 1 aliphatic heterocycles. The molecule has 0 fully saturated rings. The third kappa shape index (κ3) is 6.78. The van der Waals surface area contributed by atoms with Gasteiger partial charge in [0.2, 0.25) is 0 Å². The Balaban J connectivity index is 1.70. The molecular weight excluding hydrogens is 404 g/mol. The highest BCUT2D eigenvalue weighted by Gasteiger charge is 2.40. The van der Waals surface area contributed by atoms with E-state index in [-0.39, 0.29) is 23.4 Å². The smallest absolute Gasteiger partial charge is 0.192 e. The maximum Gasteiger partial charge on any atom is 0.192 e. The fourth-order valence-electron chi connectivity index (χ4n) is 3.15. The number of ether oxygens (including phenoxy) is 3. The zero-order valence-electron chi connectivity index (χ0n) is 19.4. The monoisotopic (exact) mass is 440 g/mol. The van der Waals surface area contributed by atoms with Crippen LogP contribution in [0, 0.1) is 0 Å². The van der Waals surface area contributed by atoms with Crippen LogP contribution in [0.1, 0.15) is 31.9 Å². The summed E-state index contributed by atoms with van der Waals surface area (Å²) < 4.78 is 25.1. The largest absolute Gasteiger partial charge is 0.493 e. The van der Waals surface area contributed by atoms with Crippen molar-refractivity contribution in [3.05, 3.63) is 84.1 Å². The molecule has 3 rings (SSSR count). The lowest BCUT2D eigenvalue weighted by Crippen LogP contribution is -2.49. The number of rotatable bonds is 9. The second kappa shape index (κ2) is 10.6. The summed E-state index contributed by atoms with van der Waals surface area (Å²) in [6.07, 6.45) is 3.01. The average Bonchev–Trinajstić information content (AvgIpc) is 2.76. The van der Waals surface area contributed by atoms with Crippen molar-refractivity contribution in [3.8, 4) is 0 Å². The molecule has 0 radical (unpaired) electrons. The predicted octanol–water partition coefficient (Wildman–Crippen LogP) is 6.09. The highest BCUT2D eigenvalue weighted by Crippen LogP contribution is 2.37. The van der Waals surface area contributed by atoms with Crippen molar-refractivity contribution >= 4 is 8.32 Å². The zero-order valence-corrected chi connectivity index (χ0v) is 20.4. The van der Waals surface area contributed by atoms with E-state index in [9.17, 15) is 0 Å². The molecule has 0 N–H and O–H groups in total. The SMILES string of the molecule is CC(C)(C)[Si](C)(C)OC[C@H]1OC=C[C@@H](OCc2ccccc2)[C@@H]1OCc1ccccc1. The summed E-state index contributed by atoms with van der Waals surface area (Å²) in [6, 6.07) is 20.4. The Morgan fingerprint density at radius 2 is 1.39 bits per heavy atom. The summed E-state index contributed by atoms with van der Waals surface area (Å²) >= 11 is 0. The first kappa shape index (κ1) is 23.7. The van der Waals surface area contributed by atoms with Crippen molar-refractivity contribution in [3.63, 3.8) is 0 Å². The highest BCUT2D eigenvalue weighted by molar-refractivity contribution is 6.74. The Labute approximate surface area is 188 Å². The highest BCUT2D eigenvalue weighted by atomic mass is 28.4. The second-order valence-electron chi connectivity index (χ2n) is 9.60. The van der Waals surface area contributed by atoms with Gasteiger partial charge in [0.15, 0.2) is 8.32 Å². The zero-order chi connectivity index (χ0) is 22.3. The summed E-state index contributed by atoms with van der Waals surface area (Å²) in [5.74, 6) is 0. The third-order valence-electron chi connectivity index (χ3n) is 6.20. The molecule has 0 spiro atoms. The van der Waals surface area contributed by atoms with Crippen LogP contribution in [0.5, 0.6) is 0 Å². The Morgan fingerprint density at radius 1 is 0.839 bits per heavy atom. The number of hydrogen-bond acceptors (Lipinski definition) is 4. The number of hydrogen-bond donors (Lipinski definition) is 0. The van der Waals surface area contributed by atoms with Crippen LogP contribution in [-0.4, -0.2) is 33.2 Å². The van der Waals surface area contributed by atoms with E-state index in [1.807, 2.05) is 42.5 Å². The van der Waals surface area contributed by atoms with Gasteiger partial charge in [-0.2, -0.15) is 0 Å². The van der Waals surface area contributed by atoms with Crippen molar-refractivity contribution < 1.29 is 18.6 Å². The van der Waals surface area contributed by atoms with Gasteiger partial charge in [0.05, 0.1) is 26.1 Å². The van der Waals surface area contributed by atoms with Crippen LogP contribution in [0.25, 0.3) is 0 Å². The fourth-order valence-corrected chi connectivity index (χ4v) is 4.16. The second-order valence-corrected chi connectivity index (χ2v) is 14.4. The van der Waals surface area contributed by atoms with Gasteiger partial charge in [0.1, 0.15) is 18.3 Å². The van der Waals surface area contributed by atoms with Gasteiger partial charge in [0, 0.05) is 0 Å². The lowest BCUT2D eigenvalue weighted by molar-refractivity contribution is -0.138. The Kier molecular flexibility index (Phi) is 8.11. The molecule has 31 heavy (non-hydrogen) atoms. The minimum atomic E-state index is -1.90. The lowest BCUT2D eigenvalue weighted by Gasteiger charge is -2.40. The van der Waals surface area contributed by atoms with Gasteiger partial charge in [-0.1, -0.05) is 81.4 Å². The van der Waals surface area contributed by atoms with E-state index >= 15 is 0 Å². The molecular formula is C26H36O4Si. The molecule has 0 aromatic heterocycles. The molecule has 2 aromatic carbocycles. The number of benzene rings is 2. The Morgan fingerprint density at radius 3 is 1.94 bits per heavy atom. The fraction of sp³-hybridized carbons (Fsp3) is 0.462. The lowest BCUT2D eigenvalue weighted by atomic mass is 10.1. The molecule has 1 aliphatic rings. The predicted molar refractivity (Wildman–Crippen MR) is 127 cm³/mol. The van der Waals surface area contributed by atoms with Gasteiger partial charge in [-0.3, -0.25) is 0 Å². The van der Waals surface area contributed by atoms with Crippen molar-refractivity contribution in [2.75, 3.05) is 6.61 Å². The first-order chi connectivity index (χ1) is 14.8. The quantitative estimate of drug-likeness (QED) is 0.442. The van der Waals surface area contributed by atoms with Crippen molar-refractivity contribution in [1.82, 2.24) is 0 Å². The van der Waals surface area contributed by atoms with E-state index < -0.39 is 8.32 Å². The normalized spacial score (nSPS) is 21.6.